The Labute approximate surface area is 83.5 Å². The van der Waals surface area contributed by atoms with Crippen LogP contribution in [0.15, 0.2) is 18.2 Å². The Morgan fingerprint density at radius 1 is 1.43 bits per heavy atom. The highest BCUT2D eigenvalue weighted by Gasteiger charge is 2.19. The molecule has 0 aliphatic carbocycles. The number of hydrogen-bond acceptors (Lipinski definition) is 2. The van der Waals surface area contributed by atoms with Crippen LogP contribution < -0.4 is 10.6 Å². The summed E-state index contributed by atoms with van der Waals surface area (Å²) >= 11 is 0. The molecule has 2 N–H and O–H groups in total. The average molecular weight is 194 g/mol. The lowest BCUT2D eigenvalue weighted by molar-refractivity contribution is 0.627. The van der Waals surface area contributed by atoms with Crippen LogP contribution in [-0.2, 0) is 0 Å². The molecule has 2 rings (SSSR count). The number of anilines is 2. The Hall–Kier alpha value is -1.25. The van der Waals surface area contributed by atoms with Gasteiger partial charge in [0.1, 0.15) is 5.82 Å². The van der Waals surface area contributed by atoms with Gasteiger partial charge in [-0.25, -0.2) is 4.39 Å². The maximum absolute atomic E-state index is 13.1. The summed E-state index contributed by atoms with van der Waals surface area (Å²) in [6.45, 7) is 4.22. The Kier molecular flexibility index (Phi) is 2.32. The van der Waals surface area contributed by atoms with Crippen molar-refractivity contribution in [1.82, 2.24) is 0 Å². The van der Waals surface area contributed by atoms with E-state index in [1.807, 2.05) is 6.07 Å². The largest absolute Gasteiger partial charge is 0.399 e. The molecular weight excluding hydrogens is 179 g/mol. The van der Waals surface area contributed by atoms with Gasteiger partial charge in [-0.1, -0.05) is 6.92 Å². The Morgan fingerprint density at radius 3 is 2.79 bits per heavy atom. The van der Waals surface area contributed by atoms with Gasteiger partial charge in [0.15, 0.2) is 0 Å². The van der Waals surface area contributed by atoms with Gasteiger partial charge in [0.05, 0.1) is 0 Å². The summed E-state index contributed by atoms with van der Waals surface area (Å²) in [4.78, 5) is 2.18. The fraction of sp³-hybridized carbons (Fsp3) is 0.455. The van der Waals surface area contributed by atoms with Crippen molar-refractivity contribution in [2.24, 2.45) is 5.92 Å². The molecule has 1 fully saturated rings. The minimum Gasteiger partial charge on any atom is -0.399 e. The number of nitrogens with zero attached hydrogens (tertiary/aromatic N) is 1. The molecule has 14 heavy (non-hydrogen) atoms. The molecule has 0 amide bonds. The predicted molar refractivity (Wildman–Crippen MR) is 56.8 cm³/mol. The molecule has 1 aromatic carbocycles. The fourth-order valence-corrected chi connectivity index (χ4v) is 1.95. The third-order valence-corrected chi connectivity index (χ3v) is 2.69. The second-order valence-electron chi connectivity index (χ2n) is 4.08. The summed E-state index contributed by atoms with van der Waals surface area (Å²) in [5, 5.41) is 0. The van der Waals surface area contributed by atoms with Crippen molar-refractivity contribution < 1.29 is 4.39 Å². The second-order valence-corrected chi connectivity index (χ2v) is 4.08. The lowest BCUT2D eigenvalue weighted by atomic mass is 10.2. The molecule has 3 heteroatoms. The lowest BCUT2D eigenvalue weighted by Gasteiger charge is -2.18. The smallest absolute Gasteiger partial charge is 0.127 e. The molecule has 0 bridgehead atoms. The number of rotatable bonds is 1. The molecule has 1 aromatic rings. The molecule has 0 radical (unpaired) electrons. The highest BCUT2D eigenvalue weighted by Crippen LogP contribution is 2.25. The van der Waals surface area contributed by atoms with E-state index in [0.717, 1.165) is 18.8 Å². The molecule has 1 heterocycles. The molecular formula is C11H15FN2. The second kappa shape index (κ2) is 3.48. The Morgan fingerprint density at radius 2 is 2.21 bits per heavy atom. The van der Waals surface area contributed by atoms with Crippen molar-refractivity contribution in [2.75, 3.05) is 23.7 Å². The average Bonchev–Trinajstić information content (AvgIpc) is 2.50. The quantitative estimate of drug-likeness (QED) is 0.695. The van der Waals surface area contributed by atoms with Crippen molar-refractivity contribution in [1.29, 1.82) is 0 Å². The van der Waals surface area contributed by atoms with Crippen molar-refractivity contribution in [3.05, 3.63) is 24.0 Å². The molecule has 2 nitrogen and oxygen atoms in total. The zero-order valence-electron chi connectivity index (χ0n) is 8.33. The molecule has 0 saturated carbocycles. The first-order valence-electron chi connectivity index (χ1n) is 4.96. The SMILES string of the molecule is CC1CCN(c2cc(N)cc(F)c2)C1. The Balaban J connectivity index is 2.23. The first-order chi connectivity index (χ1) is 6.65. The van der Waals surface area contributed by atoms with Crippen LogP contribution in [0.3, 0.4) is 0 Å². The minimum absolute atomic E-state index is 0.250. The van der Waals surface area contributed by atoms with Gasteiger partial charge in [0.25, 0.3) is 0 Å². The number of nitrogens with two attached hydrogens (primary N) is 1. The van der Waals surface area contributed by atoms with Crippen molar-refractivity contribution >= 4 is 11.4 Å². The van der Waals surface area contributed by atoms with Gasteiger partial charge in [-0.15, -0.1) is 0 Å². The van der Waals surface area contributed by atoms with Gasteiger partial charge in [-0.3, -0.25) is 0 Å². The van der Waals surface area contributed by atoms with Crippen LogP contribution in [-0.4, -0.2) is 13.1 Å². The maximum Gasteiger partial charge on any atom is 0.127 e. The minimum atomic E-state index is -0.250. The van der Waals surface area contributed by atoms with Gasteiger partial charge in [0.2, 0.25) is 0 Å². The molecule has 1 aliphatic rings. The van der Waals surface area contributed by atoms with Crippen LogP contribution in [0.4, 0.5) is 15.8 Å². The van der Waals surface area contributed by atoms with Crippen LogP contribution in [0, 0.1) is 11.7 Å². The van der Waals surface area contributed by atoms with E-state index in [1.54, 1.807) is 6.07 Å². The zero-order valence-corrected chi connectivity index (χ0v) is 8.33. The molecule has 76 valence electrons. The third kappa shape index (κ3) is 1.81. The summed E-state index contributed by atoms with van der Waals surface area (Å²) in [5.74, 6) is 0.444. The van der Waals surface area contributed by atoms with E-state index < -0.39 is 0 Å². The lowest BCUT2D eigenvalue weighted by Crippen LogP contribution is -2.19. The number of benzene rings is 1. The van der Waals surface area contributed by atoms with Crippen LogP contribution in [0.5, 0.6) is 0 Å². The van der Waals surface area contributed by atoms with Gasteiger partial charge < -0.3 is 10.6 Å². The summed E-state index contributed by atoms with van der Waals surface area (Å²) in [6.07, 6.45) is 1.18. The van der Waals surface area contributed by atoms with E-state index in [0.29, 0.717) is 11.6 Å². The molecule has 1 saturated heterocycles. The summed E-state index contributed by atoms with van der Waals surface area (Å²) in [6, 6.07) is 4.73. The number of halogens is 1. The molecule has 1 aliphatic heterocycles. The van der Waals surface area contributed by atoms with E-state index in [4.69, 9.17) is 5.73 Å². The van der Waals surface area contributed by atoms with E-state index in [9.17, 15) is 4.39 Å². The molecule has 0 spiro atoms. The summed E-state index contributed by atoms with van der Waals surface area (Å²) < 4.78 is 13.1. The Bertz CT molecular complexity index is 318. The van der Waals surface area contributed by atoms with E-state index >= 15 is 0 Å². The maximum atomic E-state index is 13.1. The number of nitrogen functional groups attached to an aromatic ring is 1. The third-order valence-electron chi connectivity index (χ3n) is 2.69. The summed E-state index contributed by atoms with van der Waals surface area (Å²) in [5.41, 5.74) is 7.00. The predicted octanol–water partition coefficient (Wildman–Crippen LogP) is 2.25. The van der Waals surface area contributed by atoms with Crippen molar-refractivity contribution in [3.8, 4) is 0 Å². The van der Waals surface area contributed by atoms with Crippen LogP contribution >= 0.6 is 0 Å². The van der Waals surface area contributed by atoms with Crippen LogP contribution in [0.25, 0.3) is 0 Å². The molecule has 0 aromatic heterocycles. The highest BCUT2D eigenvalue weighted by molar-refractivity contribution is 5.56. The van der Waals surface area contributed by atoms with E-state index in [-0.39, 0.29) is 5.82 Å². The van der Waals surface area contributed by atoms with Gasteiger partial charge in [0, 0.05) is 24.5 Å². The van der Waals surface area contributed by atoms with Gasteiger partial charge in [-0.2, -0.15) is 0 Å². The highest BCUT2D eigenvalue weighted by atomic mass is 19.1. The van der Waals surface area contributed by atoms with Crippen molar-refractivity contribution in [2.45, 2.75) is 13.3 Å². The first kappa shape index (κ1) is 9.31. The molecule has 1 unspecified atom stereocenters. The van der Waals surface area contributed by atoms with E-state index in [2.05, 4.69) is 11.8 Å². The zero-order chi connectivity index (χ0) is 10.1. The van der Waals surface area contributed by atoms with Crippen molar-refractivity contribution in [3.63, 3.8) is 0 Å². The number of hydrogen-bond donors (Lipinski definition) is 1. The van der Waals surface area contributed by atoms with Crippen LogP contribution in [0.2, 0.25) is 0 Å². The normalized spacial score (nSPS) is 21.6. The van der Waals surface area contributed by atoms with Gasteiger partial charge >= 0.3 is 0 Å². The van der Waals surface area contributed by atoms with Gasteiger partial charge in [-0.05, 0) is 30.5 Å². The summed E-state index contributed by atoms with van der Waals surface area (Å²) in [7, 11) is 0. The first-order valence-corrected chi connectivity index (χ1v) is 4.96. The van der Waals surface area contributed by atoms with E-state index in [1.165, 1.54) is 12.5 Å². The van der Waals surface area contributed by atoms with Crippen LogP contribution in [0.1, 0.15) is 13.3 Å². The topological polar surface area (TPSA) is 29.3 Å². The standard InChI is InChI=1S/C11H15FN2/c1-8-2-3-14(7-8)11-5-9(12)4-10(13)6-11/h4-6,8H,2-3,7,13H2,1H3. The fourth-order valence-electron chi connectivity index (χ4n) is 1.95. The monoisotopic (exact) mass is 194 g/mol. The molecule has 1 atom stereocenters.